The third-order valence-electron chi connectivity index (χ3n) is 0. The van der Waals surface area contributed by atoms with E-state index in [0.29, 0.717) is 0 Å². The van der Waals surface area contributed by atoms with E-state index in [2.05, 4.69) is 0 Å². The van der Waals surface area contributed by atoms with Gasteiger partial charge >= 0.3 is 26.8 Å². The summed E-state index contributed by atoms with van der Waals surface area (Å²) < 4.78 is 24.4. The largest absolute Gasteiger partial charge is 0.0125 e. The van der Waals surface area contributed by atoms with Crippen molar-refractivity contribution in [3.63, 3.8) is 0 Å². The molecule has 1 radical (unpaired) electrons. The van der Waals surface area contributed by atoms with Gasteiger partial charge in [0, 0.05) is 21.1 Å². The van der Waals surface area contributed by atoms with Gasteiger partial charge in [-0.2, -0.15) is 0 Å². The Hall–Kier alpha value is 1.05. The molecule has 0 unspecified atom stereocenters. The molecular formula is H4MoO3SiV. The Bertz CT molecular complexity index is 59.2. The Labute approximate surface area is 58.8 Å². The molecule has 0 rings (SSSR count). The van der Waals surface area contributed by atoms with Crippen LogP contribution in [0.25, 0.3) is 0 Å². The molecule has 0 spiro atoms. The van der Waals surface area contributed by atoms with E-state index in [0.717, 1.165) is 0 Å². The maximum Gasteiger partial charge on any atom is -0.0125 e. The summed E-state index contributed by atoms with van der Waals surface area (Å²) in [4.78, 5) is 0. The topological polar surface area (TPSA) is 54.4 Å². The zero-order valence-electron chi connectivity index (χ0n) is 3.12. The van der Waals surface area contributed by atoms with E-state index < -0.39 is 15.4 Å². The fourth-order valence-corrected chi connectivity index (χ4v) is 0. The molecule has 0 bridgehead atoms. The van der Waals surface area contributed by atoms with Crippen LogP contribution < -0.4 is 0 Å². The Morgan fingerprint density at radius 1 is 1.33 bits per heavy atom. The van der Waals surface area contributed by atoms with Crippen molar-refractivity contribution in [2.45, 2.75) is 0 Å². The van der Waals surface area contributed by atoms with Crippen molar-refractivity contribution in [3.8, 4) is 0 Å². The summed E-state index contributed by atoms with van der Waals surface area (Å²) in [5.74, 6) is 0. The van der Waals surface area contributed by atoms with Crippen LogP contribution in [0.4, 0.5) is 0 Å². The van der Waals surface area contributed by atoms with Gasteiger partial charge in [0.2, 0.25) is 0 Å². The minimum atomic E-state index is -3.69. The molecular weight excluding hydrogens is 223 g/mol. The van der Waals surface area contributed by atoms with Gasteiger partial charge < -0.3 is 0 Å². The van der Waals surface area contributed by atoms with E-state index in [4.69, 9.17) is 11.4 Å². The normalized spacial score (nSPS) is 4.17. The van der Waals surface area contributed by atoms with E-state index >= 15 is 0 Å². The average Bonchev–Trinajstić information content (AvgIpc) is 0.811. The van der Waals surface area contributed by atoms with Crippen LogP contribution in [0.2, 0.25) is 0 Å². The molecule has 0 aromatic rings. The van der Waals surface area contributed by atoms with Crippen molar-refractivity contribution in [3.05, 3.63) is 0 Å². The first kappa shape index (κ1) is 15.7. The maximum atomic E-state index is 8.67. The van der Waals surface area contributed by atoms with Crippen LogP contribution in [0.1, 0.15) is 0 Å². The van der Waals surface area contributed by atoms with Crippen LogP contribution in [0.3, 0.4) is 0 Å². The van der Waals surface area contributed by atoms with E-state index in [-0.39, 0.29) is 32.0 Å². The van der Waals surface area contributed by atoms with Crippen LogP contribution in [0.15, 0.2) is 0 Å². The van der Waals surface area contributed by atoms with Crippen LogP contribution in [-0.4, -0.2) is 15.0 Å². The van der Waals surface area contributed by atoms with Gasteiger partial charge in [-0.25, -0.2) is 0 Å². The SMILES string of the molecule is [Mo].[O]=[V](=[O])[OH].[SiH3]. The third kappa shape index (κ3) is 75.2. The molecule has 0 atom stereocenters. The monoisotopic (exact) mass is 229 g/mol. The van der Waals surface area contributed by atoms with Crippen molar-refractivity contribution in [1.29, 1.82) is 0 Å². The van der Waals surface area contributed by atoms with E-state index in [1.54, 1.807) is 0 Å². The average molecular weight is 227 g/mol. The summed E-state index contributed by atoms with van der Waals surface area (Å²) >= 11 is -3.69. The van der Waals surface area contributed by atoms with Crippen molar-refractivity contribution in [2.24, 2.45) is 0 Å². The van der Waals surface area contributed by atoms with Crippen LogP contribution in [-0.2, 0) is 43.8 Å². The standard InChI is InChI=1S/Mo.H2O.2O.H3Si.V/h;1H2;;;1H3;/q;;;;;+1/p-1. The first-order valence-corrected chi connectivity index (χ1v) is 2.33. The fraction of sp³-hybridized carbons (Fsp3) is 0. The van der Waals surface area contributed by atoms with Gasteiger partial charge in [0.1, 0.15) is 0 Å². The summed E-state index contributed by atoms with van der Waals surface area (Å²) in [5, 5.41) is 0. The van der Waals surface area contributed by atoms with E-state index in [9.17, 15) is 0 Å². The summed E-state index contributed by atoms with van der Waals surface area (Å²) in [5.41, 5.74) is 0. The third-order valence-corrected chi connectivity index (χ3v) is 0. The summed E-state index contributed by atoms with van der Waals surface area (Å²) in [6.07, 6.45) is 0. The fourth-order valence-electron chi connectivity index (χ4n) is 0. The minimum absolute atomic E-state index is 0. The molecule has 0 aromatic carbocycles. The molecule has 1 N–H and O–H groups in total. The Kier molecular flexibility index (Phi) is 24.7. The van der Waals surface area contributed by atoms with Gasteiger partial charge in [0.15, 0.2) is 0 Å². The Balaban J connectivity index is -0.0000000450. The molecule has 6 heteroatoms. The van der Waals surface area contributed by atoms with Crippen molar-refractivity contribution in [2.75, 3.05) is 0 Å². The molecule has 0 fully saturated rings. The van der Waals surface area contributed by atoms with Gasteiger partial charge in [-0.1, -0.05) is 0 Å². The molecule has 3 nitrogen and oxygen atoms in total. The molecule has 0 heterocycles. The summed E-state index contributed by atoms with van der Waals surface area (Å²) in [7, 11) is 0. The molecule has 6 heavy (non-hydrogen) atoms. The first-order chi connectivity index (χ1) is 1.73. The maximum absolute atomic E-state index is 8.67. The van der Waals surface area contributed by atoms with Gasteiger partial charge in [0.05, 0.1) is 0 Å². The Morgan fingerprint density at radius 2 is 1.33 bits per heavy atom. The zero-order valence-corrected chi connectivity index (χ0v) is 8.52. The van der Waals surface area contributed by atoms with Crippen molar-refractivity contribution >= 4 is 11.0 Å². The molecule has 0 aromatic heterocycles. The Morgan fingerprint density at radius 3 is 1.33 bits per heavy atom. The van der Waals surface area contributed by atoms with E-state index in [1.807, 2.05) is 0 Å². The molecule has 0 saturated heterocycles. The minimum Gasteiger partial charge on any atom is -0.0125 e. The van der Waals surface area contributed by atoms with E-state index in [1.165, 1.54) is 0 Å². The second kappa shape index (κ2) is 9.41. The summed E-state index contributed by atoms with van der Waals surface area (Å²) in [6, 6.07) is 0. The first-order valence-electron chi connectivity index (χ1n) is 0.565. The molecule has 0 aliphatic heterocycles. The molecule has 0 aliphatic rings. The predicted molar refractivity (Wildman–Crippen MR) is 13.5 cm³/mol. The van der Waals surface area contributed by atoms with Crippen LogP contribution >= 0.6 is 0 Å². The summed E-state index contributed by atoms with van der Waals surface area (Å²) in [6.45, 7) is 0. The van der Waals surface area contributed by atoms with Crippen LogP contribution in [0, 0.1) is 0 Å². The number of hydrogen-bond acceptors (Lipinski definition) is 2. The van der Waals surface area contributed by atoms with Gasteiger partial charge in [-0.3, -0.25) is 0 Å². The van der Waals surface area contributed by atoms with Gasteiger partial charge in [-0.15, -0.1) is 0 Å². The molecule has 0 amide bonds. The zero-order chi connectivity index (χ0) is 3.58. The molecule has 37 valence electrons. The van der Waals surface area contributed by atoms with Crippen molar-refractivity contribution in [1.82, 2.24) is 0 Å². The molecule has 0 aliphatic carbocycles. The second-order valence-corrected chi connectivity index (χ2v) is 0.981. The molecule has 0 saturated carbocycles. The van der Waals surface area contributed by atoms with Crippen molar-refractivity contribution < 1.29 is 47.8 Å². The number of rotatable bonds is 0. The van der Waals surface area contributed by atoms with Crippen LogP contribution in [0.5, 0.6) is 0 Å². The number of hydrogen-bond donors (Lipinski definition) is 1. The van der Waals surface area contributed by atoms with Gasteiger partial charge in [0.25, 0.3) is 0 Å². The smallest absolute Gasteiger partial charge is 0.0125 e. The quantitative estimate of drug-likeness (QED) is 0.488. The van der Waals surface area contributed by atoms with Gasteiger partial charge in [-0.05, 0) is 11.0 Å². The second-order valence-electron chi connectivity index (χ2n) is 0.238. The predicted octanol–water partition coefficient (Wildman–Crippen LogP) is -1.98.